The second-order valence-corrected chi connectivity index (χ2v) is 9.96. The maximum absolute atomic E-state index is 13.4. The number of nitrogens with zero attached hydrogens (tertiary/aromatic N) is 5. The average Bonchev–Trinajstić information content (AvgIpc) is 3.12. The number of benzene rings is 1. The molecule has 164 valence electrons. The van der Waals surface area contributed by atoms with Gasteiger partial charge in [0.15, 0.2) is 5.76 Å². The molecule has 0 N–H and O–H groups in total. The summed E-state index contributed by atoms with van der Waals surface area (Å²) in [7, 11) is 0.0968. The monoisotopic (exact) mass is 441 g/mol. The number of aromatic nitrogens is 3. The van der Waals surface area contributed by atoms with Gasteiger partial charge in [0.25, 0.3) is 0 Å². The number of rotatable bonds is 5. The van der Waals surface area contributed by atoms with Gasteiger partial charge < -0.3 is 9.42 Å². The summed E-state index contributed by atoms with van der Waals surface area (Å²) in [6.45, 7) is 4.12. The Morgan fingerprint density at radius 2 is 1.90 bits per heavy atom. The van der Waals surface area contributed by atoms with Crippen LogP contribution < -0.4 is 4.90 Å². The first kappa shape index (κ1) is 21.5. The Bertz CT molecular complexity index is 1160. The van der Waals surface area contributed by atoms with Gasteiger partial charge in [0.2, 0.25) is 16.0 Å². The zero-order chi connectivity index (χ0) is 22.2. The van der Waals surface area contributed by atoms with Crippen LogP contribution in [0.3, 0.4) is 0 Å². The van der Waals surface area contributed by atoms with Crippen LogP contribution in [0.25, 0.3) is 11.1 Å². The van der Waals surface area contributed by atoms with Gasteiger partial charge >= 0.3 is 0 Å². The van der Waals surface area contributed by atoms with E-state index in [2.05, 4.69) is 10.1 Å². The van der Waals surface area contributed by atoms with Crippen LogP contribution in [0.1, 0.15) is 35.9 Å². The molecule has 31 heavy (non-hydrogen) atoms. The van der Waals surface area contributed by atoms with Gasteiger partial charge in [-0.15, -0.1) is 0 Å². The molecule has 1 atom stereocenters. The number of anilines is 1. The van der Waals surface area contributed by atoms with Crippen molar-refractivity contribution in [1.29, 1.82) is 0 Å². The van der Waals surface area contributed by atoms with E-state index >= 15 is 0 Å². The highest BCUT2D eigenvalue weighted by molar-refractivity contribution is 7.89. The molecule has 0 saturated carbocycles. The zero-order valence-electron chi connectivity index (χ0n) is 18.2. The van der Waals surface area contributed by atoms with E-state index in [1.807, 2.05) is 55.5 Å². The van der Waals surface area contributed by atoms with E-state index in [9.17, 15) is 8.42 Å². The lowest BCUT2D eigenvalue weighted by Crippen LogP contribution is -2.39. The molecule has 4 rings (SSSR count). The molecule has 2 aromatic heterocycles. The van der Waals surface area contributed by atoms with Crippen molar-refractivity contribution >= 4 is 16.0 Å². The topological polar surface area (TPSA) is 92.4 Å². The van der Waals surface area contributed by atoms with Crippen LogP contribution in [-0.4, -0.2) is 55.0 Å². The maximum Gasteiger partial charge on any atom is 0.248 e. The van der Waals surface area contributed by atoms with Crippen molar-refractivity contribution in [2.24, 2.45) is 0 Å². The average molecular weight is 442 g/mol. The molecule has 1 saturated heterocycles. The molecular formula is C22H27N5O3S. The summed E-state index contributed by atoms with van der Waals surface area (Å²) in [6, 6.07) is 9.98. The Balaban J connectivity index is 1.74. The van der Waals surface area contributed by atoms with Crippen LogP contribution in [-0.2, 0) is 10.0 Å². The Labute approximate surface area is 183 Å². The van der Waals surface area contributed by atoms with E-state index < -0.39 is 10.0 Å². The van der Waals surface area contributed by atoms with Gasteiger partial charge in [-0.05, 0) is 32.3 Å². The summed E-state index contributed by atoms with van der Waals surface area (Å²) in [6.07, 6.45) is 3.45. The minimum absolute atomic E-state index is 0.0408. The normalized spacial score (nSPS) is 17.6. The predicted octanol–water partition coefficient (Wildman–Crippen LogP) is 3.38. The standard InChI is InChI=1S/C22H27N5O3S/c1-15-21(16(2)30-25-15)31(28,29)27-12-8-11-18(14-27)20-19(17-9-6-5-7-10-17)13-23-22(24-20)26(3)4/h5-7,9-10,13,18H,8,11-12,14H2,1-4H3/t18-/m0/s1. The molecule has 9 heteroatoms. The van der Waals surface area contributed by atoms with E-state index in [0.717, 1.165) is 29.7 Å². The second-order valence-electron chi connectivity index (χ2n) is 8.08. The number of piperidine rings is 1. The van der Waals surface area contributed by atoms with Gasteiger partial charge in [-0.1, -0.05) is 35.5 Å². The van der Waals surface area contributed by atoms with Crippen LogP contribution in [0.2, 0.25) is 0 Å². The van der Waals surface area contributed by atoms with Gasteiger partial charge in [-0.3, -0.25) is 0 Å². The number of hydrogen-bond acceptors (Lipinski definition) is 7. The lowest BCUT2D eigenvalue weighted by atomic mass is 9.91. The third kappa shape index (κ3) is 4.07. The second kappa shape index (κ2) is 8.39. The highest BCUT2D eigenvalue weighted by Crippen LogP contribution is 2.36. The van der Waals surface area contributed by atoms with Crippen molar-refractivity contribution in [3.05, 3.63) is 53.7 Å². The first-order chi connectivity index (χ1) is 14.8. The first-order valence-corrected chi connectivity index (χ1v) is 11.8. The highest BCUT2D eigenvalue weighted by Gasteiger charge is 2.36. The molecule has 0 amide bonds. The summed E-state index contributed by atoms with van der Waals surface area (Å²) >= 11 is 0. The van der Waals surface area contributed by atoms with Gasteiger partial charge in [0, 0.05) is 44.9 Å². The largest absolute Gasteiger partial charge is 0.360 e. The SMILES string of the molecule is Cc1noc(C)c1S(=O)(=O)N1CCC[C@H](c2nc(N(C)C)ncc2-c2ccccc2)C1. The molecule has 0 spiro atoms. The van der Waals surface area contributed by atoms with Gasteiger partial charge in [0.05, 0.1) is 5.69 Å². The zero-order valence-corrected chi connectivity index (χ0v) is 19.1. The lowest BCUT2D eigenvalue weighted by Gasteiger charge is -2.32. The molecule has 3 aromatic rings. The van der Waals surface area contributed by atoms with Crippen molar-refractivity contribution in [1.82, 2.24) is 19.4 Å². The van der Waals surface area contributed by atoms with Crippen molar-refractivity contribution in [3.8, 4) is 11.1 Å². The molecule has 0 radical (unpaired) electrons. The lowest BCUT2D eigenvalue weighted by molar-refractivity contribution is 0.312. The Morgan fingerprint density at radius 1 is 1.16 bits per heavy atom. The molecule has 1 aliphatic rings. The van der Waals surface area contributed by atoms with Crippen LogP contribution in [0, 0.1) is 13.8 Å². The summed E-state index contributed by atoms with van der Waals surface area (Å²) in [5.41, 5.74) is 3.23. The molecule has 1 aliphatic heterocycles. The Morgan fingerprint density at radius 3 is 2.55 bits per heavy atom. The van der Waals surface area contributed by atoms with Gasteiger partial charge in [0.1, 0.15) is 10.6 Å². The smallest absolute Gasteiger partial charge is 0.248 e. The van der Waals surface area contributed by atoms with Crippen molar-refractivity contribution in [2.45, 2.75) is 37.5 Å². The fourth-order valence-electron chi connectivity index (χ4n) is 4.11. The molecule has 1 aromatic carbocycles. The molecule has 1 fully saturated rings. The van der Waals surface area contributed by atoms with Crippen LogP contribution in [0.5, 0.6) is 0 Å². The molecule has 0 bridgehead atoms. The van der Waals surface area contributed by atoms with Crippen LogP contribution >= 0.6 is 0 Å². The Hall–Kier alpha value is -2.78. The van der Waals surface area contributed by atoms with Gasteiger partial charge in [-0.25, -0.2) is 18.4 Å². The third-order valence-corrected chi connectivity index (χ3v) is 7.74. The van der Waals surface area contributed by atoms with E-state index in [4.69, 9.17) is 9.51 Å². The quantitative estimate of drug-likeness (QED) is 0.599. The predicted molar refractivity (Wildman–Crippen MR) is 119 cm³/mol. The minimum atomic E-state index is -3.70. The summed E-state index contributed by atoms with van der Waals surface area (Å²) in [4.78, 5) is 11.4. The van der Waals surface area contributed by atoms with E-state index in [1.165, 1.54) is 0 Å². The summed E-state index contributed by atoms with van der Waals surface area (Å²) < 4.78 is 33.4. The number of aryl methyl sites for hydroxylation is 2. The summed E-state index contributed by atoms with van der Waals surface area (Å²) in [5, 5.41) is 3.83. The molecule has 8 nitrogen and oxygen atoms in total. The van der Waals surface area contributed by atoms with Gasteiger partial charge in [-0.2, -0.15) is 4.31 Å². The van der Waals surface area contributed by atoms with Crippen molar-refractivity contribution < 1.29 is 12.9 Å². The molecular weight excluding hydrogens is 414 g/mol. The van der Waals surface area contributed by atoms with Crippen LogP contribution in [0.15, 0.2) is 45.9 Å². The third-order valence-electron chi connectivity index (χ3n) is 5.63. The van der Waals surface area contributed by atoms with Crippen molar-refractivity contribution in [2.75, 3.05) is 32.1 Å². The number of sulfonamides is 1. The molecule has 3 heterocycles. The first-order valence-electron chi connectivity index (χ1n) is 10.3. The molecule has 0 aliphatic carbocycles. The molecule has 0 unspecified atom stereocenters. The van der Waals surface area contributed by atoms with E-state index in [-0.39, 0.29) is 10.8 Å². The highest BCUT2D eigenvalue weighted by atomic mass is 32.2. The van der Waals surface area contributed by atoms with E-state index in [0.29, 0.717) is 30.5 Å². The van der Waals surface area contributed by atoms with Crippen LogP contribution in [0.4, 0.5) is 5.95 Å². The fraction of sp³-hybridized carbons (Fsp3) is 0.409. The minimum Gasteiger partial charge on any atom is -0.360 e. The number of hydrogen-bond donors (Lipinski definition) is 0. The Kier molecular flexibility index (Phi) is 5.81. The van der Waals surface area contributed by atoms with Crippen molar-refractivity contribution in [3.63, 3.8) is 0 Å². The summed E-state index contributed by atoms with van der Waals surface area (Å²) in [5.74, 6) is 0.891. The maximum atomic E-state index is 13.4. The van der Waals surface area contributed by atoms with E-state index in [1.54, 1.807) is 18.2 Å². The fourth-order valence-corrected chi connectivity index (χ4v) is 5.92.